The van der Waals surface area contributed by atoms with E-state index in [-0.39, 0.29) is 5.91 Å². The zero-order valence-corrected chi connectivity index (χ0v) is 16.7. The topological polar surface area (TPSA) is 87.4 Å². The van der Waals surface area contributed by atoms with E-state index in [0.717, 1.165) is 36.8 Å². The van der Waals surface area contributed by atoms with Gasteiger partial charge in [0.05, 0.1) is 6.04 Å². The maximum atomic E-state index is 12.8. The third kappa shape index (κ3) is 3.77. The Kier molecular flexibility index (Phi) is 5.37. The van der Waals surface area contributed by atoms with Gasteiger partial charge in [0.25, 0.3) is 0 Å². The fourth-order valence-corrected chi connectivity index (χ4v) is 4.05. The molecular weight excluding hydrogens is 376 g/mol. The van der Waals surface area contributed by atoms with Crippen LogP contribution in [-0.2, 0) is 11.2 Å². The predicted octanol–water partition coefficient (Wildman–Crippen LogP) is 1.88. The minimum atomic E-state index is -0.541. The number of hydrogen-bond acceptors (Lipinski definition) is 6. The van der Waals surface area contributed by atoms with E-state index in [1.807, 2.05) is 29.2 Å². The first kappa shape index (κ1) is 19.0. The molecule has 1 aromatic carbocycles. The molecule has 2 aromatic rings. The first-order chi connectivity index (χ1) is 13.5. The summed E-state index contributed by atoms with van der Waals surface area (Å²) >= 11 is 5.92. The average Bonchev–Trinajstić information content (AvgIpc) is 3.10. The molecule has 4 rings (SSSR count). The normalized spacial score (nSPS) is 19.9. The molecule has 1 fully saturated rings. The van der Waals surface area contributed by atoms with Gasteiger partial charge >= 0.3 is 0 Å². The van der Waals surface area contributed by atoms with Crippen LogP contribution in [0.15, 0.2) is 30.6 Å². The highest BCUT2D eigenvalue weighted by Crippen LogP contribution is 2.35. The third-order valence-corrected chi connectivity index (χ3v) is 5.76. The van der Waals surface area contributed by atoms with Crippen LogP contribution in [0.4, 0.5) is 11.6 Å². The quantitative estimate of drug-likeness (QED) is 0.814. The molecule has 0 bridgehead atoms. The largest absolute Gasteiger partial charge is 0.369 e. The van der Waals surface area contributed by atoms with Gasteiger partial charge in [0.2, 0.25) is 5.91 Å². The maximum Gasteiger partial charge on any atom is 0.239 e. The monoisotopic (exact) mass is 400 g/mol. The second-order valence-electron chi connectivity index (χ2n) is 7.49. The lowest BCUT2D eigenvalue weighted by Gasteiger charge is -2.37. The van der Waals surface area contributed by atoms with Gasteiger partial charge in [-0.15, -0.1) is 0 Å². The summed E-state index contributed by atoms with van der Waals surface area (Å²) in [6, 6.07) is 6.93. The molecular formula is C20H25ClN6O. The van der Waals surface area contributed by atoms with Crippen LogP contribution >= 0.6 is 11.6 Å². The Labute approximate surface area is 169 Å². The van der Waals surface area contributed by atoms with Crippen molar-refractivity contribution in [2.24, 2.45) is 5.73 Å². The summed E-state index contributed by atoms with van der Waals surface area (Å²) in [6.45, 7) is 5.85. The van der Waals surface area contributed by atoms with Gasteiger partial charge in [0.15, 0.2) is 0 Å². The molecule has 1 saturated heterocycles. The number of fused-ring (bicyclic) bond motifs is 1. The zero-order valence-electron chi connectivity index (χ0n) is 15.9. The number of benzene rings is 1. The van der Waals surface area contributed by atoms with Crippen molar-refractivity contribution in [3.05, 3.63) is 46.7 Å². The van der Waals surface area contributed by atoms with Crippen LogP contribution in [0.5, 0.6) is 0 Å². The van der Waals surface area contributed by atoms with E-state index in [2.05, 4.69) is 27.1 Å². The molecule has 28 heavy (non-hydrogen) atoms. The van der Waals surface area contributed by atoms with Crippen molar-refractivity contribution >= 4 is 29.1 Å². The van der Waals surface area contributed by atoms with Crippen LogP contribution in [0.2, 0.25) is 5.02 Å². The molecule has 2 atom stereocenters. The summed E-state index contributed by atoms with van der Waals surface area (Å²) in [7, 11) is 0. The van der Waals surface area contributed by atoms with E-state index in [9.17, 15) is 4.79 Å². The molecule has 1 amide bonds. The summed E-state index contributed by atoms with van der Waals surface area (Å²) in [5.74, 6) is 2.30. The molecule has 0 aliphatic carbocycles. The number of piperazine rings is 1. The SMILES string of the molecule is CC1CNc2ncnc(N3CCN(C(=O)C(N)Cc4ccc(Cl)cc4)CC3)c21. The van der Waals surface area contributed by atoms with Crippen molar-refractivity contribution in [3.63, 3.8) is 0 Å². The Bertz CT molecular complexity index is 850. The Balaban J connectivity index is 1.37. The number of carbonyl (C=O) groups is 1. The molecule has 2 aliphatic rings. The fourth-order valence-electron chi connectivity index (χ4n) is 3.92. The third-order valence-electron chi connectivity index (χ3n) is 5.51. The average molecular weight is 401 g/mol. The Morgan fingerprint density at radius 2 is 1.96 bits per heavy atom. The molecule has 0 saturated carbocycles. The van der Waals surface area contributed by atoms with Crippen molar-refractivity contribution in [1.29, 1.82) is 0 Å². The summed E-state index contributed by atoms with van der Waals surface area (Å²) in [6.07, 6.45) is 2.12. The minimum absolute atomic E-state index is 0.00227. The molecule has 148 valence electrons. The van der Waals surface area contributed by atoms with Crippen LogP contribution in [0.3, 0.4) is 0 Å². The lowest BCUT2D eigenvalue weighted by Crippen LogP contribution is -2.54. The first-order valence-electron chi connectivity index (χ1n) is 9.65. The van der Waals surface area contributed by atoms with Crippen molar-refractivity contribution in [3.8, 4) is 0 Å². The van der Waals surface area contributed by atoms with Crippen molar-refractivity contribution < 1.29 is 4.79 Å². The van der Waals surface area contributed by atoms with Gasteiger partial charge in [-0.1, -0.05) is 30.7 Å². The van der Waals surface area contributed by atoms with Gasteiger partial charge in [-0.05, 0) is 24.1 Å². The second-order valence-corrected chi connectivity index (χ2v) is 7.93. The van der Waals surface area contributed by atoms with Crippen LogP contribution < -0.4 is 16.0 Å². The number of aromatic nitrogens is 2. The van der Waals surface area contributed by atoms with E-state index >= 15 is 0 Å². The number of nitrogens with zero attached hydrogens (tertiary/aromatic N) is 4. The molecule has 3 heterocycles. The Hall–Kier alpha value is -2.38. The number of rotatable bonds is 4. The summed E-state index contributed by atoms with van der Waals surface area (Å²) in [4.78, 5) is 25.7. The molecule has 1 aromatic heterocycles. The van der Waals surface area contributed by atoms with Gasteiger partial charge in [0.1, 0.15) is 18.0 Å². The van der Waals surface area contributed by atoms with E-state index in [1.54, 1.807) is 6.33 Å². The molecule has 8 heteroatoms. The standard InChI is InChI=1S/C20H25ClN6O/c1-13-11-23-18-17(13)19(25-12-24-18)26-6-8-27(9-7-26)20(28)16(22)10-14-2-4-15(21)5-3-14/h2-5,12-13,16H,6-11,22H2,1H3,(H,23,24,25). The van der Waals surface area contributed by atoms with E-state index in [4.69, 9.17) is 17.3 Å². The van der Waals surface area contributed by atoms with E-state index in [0.29, 0.717) is 30.5 Å². The van der Waals surface area contributed by atoms with Gasteiger partial charge < -0.3 is 20.9 Å². The van der Waals surface area contributed by atoms with Gasteiger partial charge in [-0.3, -0.25) is 4.79 Å². The molecule has 0 spiro atoms. The number of amides is 1. The lowest BCUT2D eigenvalue weighted by atomic mass is 10.0. The van der Waals surface area contributed by atoms with Crippen LogP contribution in [0, 0.1) is 0 Å². The second kappa shape index (κ2) is 7.93. The molecule has 7 nitrogen and oxygen atoms in total. The molecule has 2 unspecified atom stereocenters. The Morgan fingerprint density at radius 3 is 2.68 bits per heavy atom. The maximum absolute atomic E-state index is 12.8. The zero-order chi connectivity index (χ0) is 19.7. The summed E-state index contributed by atoms with van der Waals surface area (Å²) in [5.41, 5.74) is 8.39. The van der Waals surface area contributed by atoms with E-state index < -0.39 is 6.04 Å². The minimum Gasteiger partial charge on any atom is -0.369 e. The first-order valence-corrected chi connectivity index (χ1v) is 10.0. The van der Waals surface area contributed by atoms with E-state index in [1.165, 1.54) is 5.56 Å². The van der Waals surface area contributed by atoms with Crippen LogP contribution in [0.1, 0.15) is 24.0 Å². The number of carbonyl (C=O) groups excluding carboxylic acids is 1. The molecule has 3 N–H and O–H groups in total. The summed E-state index contributed by atoms with van der Waals surface area (Å²) < 4.78 is 0. The number of anilines is 2. The number of nitrogens with two attached hydrogens (primary N) is 1. The van der Waals surface area contributed by atoms with Crippen molar-refractivity contribution in [2.75, 3.05) is 42.9 Å². The Morgan fingerprint density at radius 1 is 1.25 bits per heavy atom. The number of nitrogens with one attached hydrogen (secondary N) is 1. The lowest BCUT2D eigenvalue weighted by molar-refractivity contribution is -0.132. The highest BCUT2D eigenvalue weighted by Gasteiger charge is 2.30. The van der Waals surface area contributed by atoms with Crippen molar-refractivity contribution in [1.82, 2.24) is 14.9 Å². The van der Waals surface area contributed by atoms with Crippen LogP contribution in [-0.4, -0.2) is 59.5 Å². The smallest absolute Gasteiger partial charge is 0.239 e. The summed E-state index contributed by atoms with van der Waals surface area (Å²) in [5, 5.41) is 4.01. The number of halogens is 1. The van der Waals surface area contributed by atoms with Gasteiger partial charge in [-0.25, -0.2) is 9.97 Å². The highest BCUT2D eigenvalue weighted by molar-refractivity contribution is 6.30. The molecule has 0 radical (unpaired) electrons. The van der Waals surface area contributed by atoms with Gasteiger partial charge in [0, 0.05) is 49.2 Å². The number of hydrogen-bond donors (Lipinski definition) is 2. The molecule has 2 aliphatic heterocycles. The predicted molar refractivity (Wildman–Crippen MR) is 111 cm³/mol. The fraction of sp³-hybridized carbons (Fsp3) is 0.450. The van der Waals surface area contributed by atoms with Crippen LogP contribution in [0.25, 0.3) is 0 Å². The van der Waals surface area contributed by atoms with Gasteiger partial charge in [-0.2, -0.15) is 0 Å². The van der Waals surface area contributed by atoms with Crippen molar-refractivity contribution in [2.45, 2.75) is 25.3 Å². The highest BCUT2D eigenvalue weighted by atomic mass is 35.5.